The Bertz CT molecular complexity index is 1610. The van der Waals surface area contributed by atoms with Crippen LogP contribution in [0.5, 0.6) is 0 Å². The van der Waals surface area contributed by atoms with Crippen molar-refractivity contribution in [1.29, 1.82) is 0 Å². The maximum atomic E-state index is 15.2. The van der Waals surface area contributed by atoms with Crippen LogP contribution in [0.25, 0.3) is 22.2 Å². The standard InChI is InChI=1S/C27H30F2N6O2S/c1-15(2)35-26-19(16-7-10-18(30)11-8-16)14-32-27(31)24(26)25(33-35)17-9-12-22(21(29)13-17)34-38(36,37)23-6-4-3-5-20(23)28/h3-6,9,12-16,18,34H,7-8,10-11,30H2,1-2H3,(H2,31,32)/t16-,18-. The number of aromatic nitrogens is 3. The lowest BCUT2D eigenvalue weighted by Crippen LogP contribution is -2.26. The van der Waals surface area contributed by atoms with Crippen molar-refractivity contribution < 1.29 is 17.2 Å². The molecule has 0 spiro atoms. The maximum absolute atomic E-state index is 15.2. The van der Waals surface area contributed by atoms with Gasteiger partial charge in [-0.15, -0.1) is 0 Å². The van der Waals surface area contributed by atoms with Crippen LogP contribution in [0.1, 0.15) is 57.1 Å². The summed E-state index contributed by atoms with van der Waals surface area (Å²) in [5.74, 6) is -1.22. The van der Waals surface area contributed by atoms with E-state index < -0.39 is 26.6 Å². The zero-order chi connectivity index (χ0) is 27.2. The van der Waals surface area contributed by atoms with Gasteiger partial charge in [0.1, 0.15) is 28.0 Å². The van der Waals surface area contributed by atoms with Gasteiger partial charge >= 0.3 is 0 Å². The molecular formula is C27H30F2N6O2S. The fourth-order valence-electron chi connectivity index (χ4n) is 5.13. The first-order valence-corrected chi connectivity index (χ1v) is 14.0. The molecule has 0 atom stereocenters. The van der Waals surface area contributed by atoms with Crippen molar-refractivity contribution >= 4 is 32.4 Å². The highest BCUT2D eigenvalue weighted by Gasteiger charge is 2.28. The van der Waals surface area contributed by atoms with Crippen LogP contribution in [0.3, 0.4) is 0 Å². The number of nitrogens with two attached hydrogens (primary N) is 2. The SMILES string of the molecule is CC(C)n1nc(-c2ccc(NS(=O)(=O)c3ccccc3F)c(F)c2)c2c(N)ncc([C@H]3CC[C@H](N)CC3)c21. The summed E-state index contributed by atoms with van der Waals surface area (Å²) in [4.78, 5) is 3.89. The first-order chi connectivity index (χ1) is 18.1. The van der Waals surface area contributed by atoms with Crippen LogP contribution in [-0.4, -0.2) is 29.2 Å². The van der Waals surface area contributed by atoms with Crippen molar-refractivity contribution in [3.8, 4) is 11.3 Å². The van der Waals surface area contributed by atoms with Crippen molar-refractivity contribution in [2.45, 2.75) is 62.4 Å². The predicted molar refractivity (Wildman–Crippen MR) is 144 cm³/mol. The van der Waals surface area contributed by atoms with Gasteiger partial charge in [-0.2, -0.15) is 5.10 Å². The molecule has 11 heteroatoms. The summed E-state index contributed by atoms with van der Waals surface area (Å²) < 4.78 is 58.7. The van der Waals surface area contributed by atoms with Crippen molar-refractivity contribution in [1.82, 2.24) is 14.8 Å². The van der Waals surface area contributed by atoms with Gasteiger partial charge in [0.25, 0.3) is 10.0 Å². The van der Waals surface area contributed by atoms with Gasteiger partial charge < -0.3 is 11.5 Å². The number of rotatable bonds is 6. The van der Waals surface area contributed by atoms with Crippen LogP contribution in [0.15, 0.2) is 53.6 Å². The van der Waals surface area contributed by atoms with Crippen LogP contribution in [0.2, 0.25) is 0 Å². The Morgan fingerprint density at radius 3 is 2.42 bits per heavy atom. The summed E-state index contributed by atoms with van der Waals surface area (Å²) in [5, 5.41) is 5.44. The van der Waals surface area contributed by atoms with Crippen LogP contribution in [0.4, 0.5) is 20.3 Å². The highest BCUT2D eigenvalue weighted by atomic mass is 32.2. The van der Waals surface area contributed by atoms with E-state index in [1.165, 1.54) is 24.3 Å². The van der Waals surface area contributed by atoms with E-state index >= 15 is 4.39 Å². The second kappa shape index (κ2) is 9.95. The average Bonchev–Trinajstić information content (AvgIpc) is 3.28. The van der Waals surface area contributed by atoms with Crippen molar-refractivity contribution in [3.63, 3.8) is 0 Å². The van der Waals surface area contributed by atoms with Crippen LogP contribution in [-0.2, 0) is 10.0 Å². The number of fused-ring (bicyclic) bond motifs is 1. The molecule has 0 saturated heterocycles. The summed E-state index contributed by atoms with van der Waals surface area (Å²) in [7, 11) is -4.34. The highest BCUT2D eigenvalue weighted by Crippen LogP contribution is 2.41. The van der Waals surface area contributed by atoms with E-state index in [-0.39, 0.29) is 29.5 Å². The first-order valence-electron chi connectivity index (χ1n) is 12.6. The molecule has 1 aliphatic rings. The summed E-state index contributed by atoms with van der Waals surface area (Å²) in [6, 6.07) is 9.14. The van der Waals surface area contributed by atoms with Gasteiger partial charge in [0.2, 0.25) is 0 Å². The lowest BCUT2D eigenvalue weighted by Gasteiger charge is -2.27. The second-order valence-corrected chi connectivity index (χ2v) is 11.7. The minimum Gasteiger partial charge on any atom is -0.383 e. The molecule has 1 aliphatic carbocycles. The molecule has 8 nitrogen and oxygen atoms in total. The lowest BCUT2D eigenvalue weighted by atomic mass is 9.82. The molecule has 0 aliphatic heterocycles. The third-order valence-electron chi connectivity index (χ3n) is 7.10. The Kier molecular flexibility index (Phi) is 6.83. The normalized spacial score (nSPS) is 18.3. The fourth-order valence-corrected chi connectivity index (χ4v) is 6.28. The van der Waals surface area contributed by atoms with E-state index in [1.807, 2.05) is 24.7 Å². The Balaban J connectivity index is 1.57. The van der Waals surface area contributed by atoms with Crippen LogP contribution < -0.4 is 16.2 Å². The quantitative estimate of drug-likeness (QED) is 0.303. The molecule has 5 rings (SSSR count). The summed E-state index contributed by atoms with van der Waals surface area (Å²) in [5.41, 5.74) is 14.9. The number of nitrogens with one attached hydrogen (secondary N) is 1. The molecule has 1 saturated carbocycles. The van der Waals surface area contributed by atoms with Gasteiger partial charge in [0, 0.05) is 23.8 Å². The van der Waals surface area contributed by atoms with E-state index in [0.29, 0.717) is 16.6 Å². The number of hydrogen-bond donors (Lipinski definition) is 3. The Labute approximate surface area is 220 Å². The van der Waals surface area contributed by atoms with Gasteiger partial charge in [-0.25, -0.2) is 22.2 Å². The third kappa shape index (κ3) is 4.71. The van der Waals surface area contributed by atoms with Gasteiger partial charge in [0.05, 0.1) is 16.6 Å². The summed E-state index contributed by atoms with van der Waals surface area (Å²) in [6.07, 6.45) is 5.53. The van der Waals surface area contributed by atoms with Gasteiger partial charge in [-0.1, -0.05) is 18.2 Å². The largest absolute Gasteiger partial charge is 0.383 e. The molecular weight excluding hydrogens is 510 g/mol. The molecule has 2 heterocycles. The lowest BCUT2D eigenvalue weighted by molar-refractivity contribution is 0.395. The predicted octanol–water partition coefficient (Wildman–Crippen LogP) is 5.33. The Hall–Kier alpha value is -3.57. The van der Waals surface area contributed by atoms with E-state index in [1.54, 1.807) is 6.07 Å². The number of anilines is 2. The second-order valence-electron chi connectivity index (χ2n) is 10.1. The summed E-state index contributed by atoms with van der Waals surface area (Å²) in [6.45, 7) is 4.02. The summed E-state index contributed by atoms with van der Waals surface area (Å²) >= 11 is 0. The molecule has 2 aromatic heterocycles. The molecule has 200 valence electrons. The number of sulfonamides is 1. The van der Waals surface area contributed by atoms with Gasteiger partial charge in [0.15, 0.2) is 0 Å². The number of hydrogen-bond acceptors (Lipinski definition) is 6. The average molecular weight is 541 g/mol. The van der Waals surface area contributed by atoms with Crippen molar-refractivity contribution in [2.24, 2.45) is 5.73 Å². The zero-order valence-corrected chi connectivity index (χ0v) is 22.0. The molecule has 5 N–H and O–H groups in total. The van der Waals surface area contributed by atoms with E-state index in [4.69, 9.17) is 16.6 Å². The molecule has 1 fully saturated rings. The van der Waals surface area contributed by atoms with Crippen LogP contribution in [0, 0.1) is 11.6 Å². The van der Waals surface area contributed by atoms with Crippen molar-refractivity contribution in [3.05, 3.63) is 65.9 Å². The molecule has 0 amide bonds. The number of benzene rings is 2. The minimum atomic E-state index is -4.34. The van der Waals surface area contributed by atoms with E-state index in [9.17, 15) is 12.8 Å². The first kappa shape index (κ1) is 26.1. The Morgan fingerprint density at radius 2 is 1.76 bits per heavy atom. The fraction of sp³-hybridized carbons (Fsp3) is 0.333. The smallest absolute Gasteiger partial charge is 0.264 e. The molecule has 4 aromatic rings. The minimum absolute atomic E-state index is 0.00524. The number of halogens is 2. The molecule has 38 heavy (non-hydrogen) atoms. The van der Waals surface area contributed by atoms with Crippen molar-refractivity contribution in [2.75, 3.05) is 10.5 Å². The van der Waals surface area contributed by atoms with Gasteiger partial charge in [-0.05, 0) is 75.3 Å². The number of pyridine rings is 1. The van der Waals surface area contributed by atoms with E-state index in [0.717, 1.165) is 48.9 Å². The maximum Gasteiger partial charge on any atom is 0.264 e. The number of nitrogens with zero attached hydrogens (tertiary/aromatic N) is 3. The zero-order valence-electron chi connectivity index (χ0n) is 21.2. The Morgan fingerprint density at radius 1 is 1.05 bits per heavy atom. The van der Waals surface area contributed by atoms with E-state index in [2.05, 4.69) is 9.71 Å². The van der Waals surface area contributed by atoms with Crippen LogP contribution >= 0.6 is 0 Å². The third-order valence-corrected chi connectivity index (χ3v) is 8.50. The highest BCUT2D eigenvalue weighted by molar-refractivity contribution is 7.92. The molecule has 0 radical (unpaired) electrons. The molecule has 2 aromatic carbocycles. The number of nitrogen functional groups attached to an aromatic ring is 1. The topological polar surface area (TPSA) is 129 Å². The van der Waals surface area contributed by atoms with Gasteiger partial charge in [-0.3, -0.25) is 9.40 Å². The molecule has 0 unspecified atom stereocenters. The monoisotopic (exact) mass is 540 g/mol. The molecule has 0 bridgehead atoms.